The van der Waals surface area contributed by atoms with Crippen LogP contribution >= 0.6 is 0 Å². The molecule has 0 bridgehead atoms. The first-order chi connectivity index (χ1) is 8.25. The number of benzene rings is 1. The Hall–Kier alpha value is -1.96. The Morgan fingerprint density at radius 2 is 1.94 bits per heavy atom. The third-order valence-electron chi connectivity index (χ3n) is 3.09. The molecule has 0 radical (unpaired) electrons. The number of hydrogen-bond donors (Lipinski definition) is 1. The Bertz CT molecular complexity index is 574. The molecule has 1 N–H and O–H groups in total. The van der Waals surface area contributed by atoms with E-state index in [1.807, 2.05) is 19.3 Å². The van der Waals surface area contributed by atoms with E-state index >= 15 is 0 Å². The van der Waals surface area contributed by atoms with Gasteiger partial charge in [0.25, 0.3) is 0 Å². The molecule has 0 saturated heterocycles. The van der Waals surface area contributed by atoms with Gasteiger partial charge in [-0.25, -0.2) is 0 Å². The highest BCUT2D eigenvalue weighted by molar-refractivity contribution is 5.91. The number of fused-ring (bicyclic) bond motifs is 1. The monoisotopic (exact) mass is 226 g/mol. The van der Waals surface area contributed by atoms with Gasteiger partial charge in [0.2, 0.25) is 0 Å². The van der Waals surface area contributed by atoms with E-state index in [0.717, 1.165) is 0 Å². The highest BCUT2D eigenvalue weighted by Gasteiger charge is 2.07. The minimum absolute atomic E-state index is 1.28. The molecular formula is C15H18N2. The fourth-order valence-corrected chi connectivity index (χ4v) is 2.06. The van der Waals surface area contributed by atoms with Crippen LogP contribution in [-0.2, 0) is 7.05 Å². The van der Waals surface area contributed by atoms with Crippen molar-refractivity contribution in [2.75, 3.05) is 7.05 Å². The van der Waals surface area contributed by atoms with E-state index in [1.165, 1.54) is 22.2 Å². The van der Waals surface area contributed by atoms with Crippen LogP contribution in [0.3, 0.4) is 0 Å². The Morgan fingerprint density at radius 3 is 2.71 bits per heavy atom. The van der Waals surface area contributed by atoms with Crippen molar-refractivity contribution < 1.29 is 0 Å². The lowest BCUT2D eigenvalue weighted by Gasteiger charge is -1.97. The maximum Gasteiger partial charge on any atom is 0.0486 e. The van der Waals surface area contributed by atoms with Crippen LogP contribution in [0.15, 0.2) is 42.6 Å². The maximum atomic E-state index is 2.97. The van der Waals surface area contributed by atoms with Crippen LogP contribution < -0.4 is 5.32 Å². The van der Waals surface area contributed by atoms with Gasteiger partial charge < -0.3 is 9.88 Å². The van der Waals surface area contributed by atoms with E-state index < -0.39 is 0 Å². The number of allylic oxidation sites excluding steroid dienone is 2. The second-order valence-electron chi connectivity index (χ2n) is 4.08. The van der Waals surface area contributed by atoms with Crippen LogP contribution in [0.5, 0.6) is 0 Å². The van der Waals surface area contributed by atoms with Crippen molar-refractivity contribution in [1.29, 1.82) is 0 Å². The summed E-state index contributed by atoms with van der Waals surface area (Å²) in [6.07, 6.45) is 8.13. The van der Waals surface area contributed by atoms with Crippen molar-refractivity contribution in [3.05, 3.63) is 53.9 Å². The third kappa shape index (κ3) is 2.11. The van der Waals surface area contributed by atoms with Gasteiger partial charge in [0.15, 0.2) is 0 Å². The number of aromatic nitrogens is 1. The zero-order chi connectivity index (χ0) is 12.3. The van der Waals surface area contributed by atoms with Crippen LogP contribution in [0.4, 0.5) is 0 Å². The van der Waals surface area contributed by atoms with Gasteiger partial charge in [-0.3, -0.25) is 0 Å². The number of aryl methyl sites for hydroxylation is 1. The van der Waals surface area contributed by atoms with E-state index in [1.54, 1.807) is 0 Å². The quantitative estimate of drug-likeness (QED) is 0.795. The highest BCUT2D eigenvalue weighted by atomic mass is 14.9. The first-order valence-electron chi connectivity index (χ1n) is 5.80. The summed E-state index contributed by atoms with van der Waals surface area (Å²) >= 11 is 0. The van der Waals surface area contributed by atoms with Gasteiger partial charge in [0, 0.05) is 36.3 Å². The van der Waals surface area contributed by atoms with E-state index in [2.05, 4.69) is 60.3 Å². The molecule has 2 nitrogen and oxygen atoms in total. The predicted octanol–water partition coefficient (Wildman–Crippen LogP) is 3.23. The van der Waals surface area contributed by atoms with Gasteiger partial charge in [-0.15, -0.1) is 0 Å². The lowest BCUT2D eigenvalue weighted by Crippen LogP contribution is -1.90. The molecule has 0 aliphatic carbocycles. The largest absolute Gasteiger partial charge is 0.394 e. The molecule has 1 aromatic heterocycles. The summed E-state index contributed by atoms with van der Waals surface area (Å²) in [4.78, 5) is 0. The Balaban J connectivity index is 2.50. The minimum Gasteiger partial charge on any atom is -0.394 e. The fraction of sp³-hybridized carbons (Fsp3) is 0.200. The Kier molecular flexibility index (Phi) is 3.33. The zero-order valence-electron chi connectivity index (χ0n) is 10.6. The zero-order valence-corrected chi connectivity index (χ0v) is 10.6. The topological polar surface area (TPSA) is 17.0 Å². The van der Waals surface area contributed by atoms with Gasteiger partial charge in [0.1, 0.15) is 0 Å². The van der Waals surface area contributed by atoms with E-state index in [-0.39, 0.29) is 0 Å². The van der Waals surface area contributed by atoms with Gasteiger partial charge in [-0.05, 0) is 25.3 Å². The second kappa shape index (κ2) is 4.91. The maximum absolute atomic E-state index is 2.97. The fourth-order valence-electron chi connectivity index (χ4n) is 2.06. The normalized spacial score (nSPS) is 11.9. The Labute approximate surface area is 102 Å². The summed E-state index contributed by atoms with van der Waals surface area (Å²) in [6.45, 7) is 2.15. The van der Waals surface area contributed by atoms with Crippen molar-refractivity contribution in [3.63, 3.8) is 0 Å². The first kappa shape index (κ1) is 11.5. The number of hydrogen-bond acceptors (Lipinski definition) is 1. The predicted molar refractivity (Wildman–Crippen MR) is 74.9 cm³/mol. The van der Waals surface area contributed by atoms with E-state index in [9.17, 15) is 0 Å². The molecule has 0 amide bonds. The van der Waals surface area contributed by atoms with Crippen LogP contribution in [0.2, 0.25) is 0 Å². The molecule has 1 heterocycles. The van der Waals surface area contributed by atoms with Crippen molar-refractivity contribution in [3.8, 4) is 0 Å². The van der Waals surface area contributed by atoms with Crippen LogP contribution in [0.1, 0.15) is 11.3 Å². The number of nitrogens with one attached hydrogen (secondary N) is 1. The van der Waals surface area contributed by atoms with Gasteiger partial charge in [-0.1, -0.05) is 30.4 Å². The molecule has 2 aromatic rings. The molecule has 17 heavy (non-hydrogen) atoms. The molecular weight excluding hydrogens is 208 g/mol. The third-order valence-corrected chi connectivity index (χ3v) is 3.09. The number of para-hydroxylation sites is 1. The molecule has 88 valence electrons. The molecule has 1 aromatic carbocycles. The molecule has 0 unspecified atom stereocenters. The number of rotatable bonds is 3. The SMILES string of the molecule is CN/C=C\C=C/c1c(C)n(C)c2ccccc12. The summed E-state index contributed by atoms with van der Waals surface area (Å²) in [7, 11) is 4.01. The lowest BCUT2D eigenvalue weighted by atomic mass is 10.1. The van der Waals surface area contributed by atoms with E-state index in [4.69, 9.17) is 0 Å². The van der Waals surface area contributed by atoms with Gasteiger partial charge in [0.05, 0.1) is 0 Å². The second-order valence-corrected chi connectivity index (χ2v) is 4.08. The molecule has 0 fully saturated rings. The van der Waals surface area contributed by atoms with Crippen molar-refractivity contribution >= 4 is 17.0 Å². The molecule has 2 rings (SSSR count). The van der Waals surface area contributed by atoms with Crippen molar-refractivity contribution in [2.45, 2.75) is 6.92 Å². The first-order valence-corrected chi connectivity index (χ1v) is 5.80. The van der Waals surface area contributed by atoms with E-state index in [0.29, 0.717) is 0 Å². The molecule has 0 atom stereocenters. The average molecular weight is 226 g/mol. The smallest absolute Gasteiger partial charge is 0.0486 e. The lowest BCUT2D eigenvalue weighted by molar-refractivity contribution is 0.916. The molecule has 0 aliphatic rings. The van der Waals surface area contributed by atoms with Crippen LogP contribution in [0.25, 0.3) is 17.0 Å². The molecule has 0 aliphatic heterocycles. The summed E-state index contributed by atoms with van der Waals surface area (Å²) in [6, 6.07) is 8.49. The van der Waals surface area contributed by atoms with Crippen molar-refractivity contribution in [1.82, 2.24) is 9.88 Å². The van der Waals surface area contributed by atoms with Gasteiger partial charge >= 0.3 is 0 Å². The average Bonchev–Trinajstić information content (AvgIpc) is 2.60. The van der Waals surface area contributed by atoms with Crippen LogP contribution in [-0.4, -0.2) is 11.6 Å². The number of nitrogens with zero attached hydrogens (tertiary/aromatic N) is 1. The summed E-state index contributed by atoms with van der Waals surface area (Å²) in [5.41, 5.74) is 3.87. The van der Waals surface area contributed by atoms with Crippen LogP contribution in [0, 0.1) is 6.92 Å². The molecule has 2 heteroatoms. The summed E-state index contributed by atoms with van der Waals surface area (Å²) in [5, 5.41) is 4.28. The van der Waals surface area contributed by atoms with Crippen molar-refractivity contribution in [2.24, 2.45) is 7.05 Å². The molecule has 0 spiro atoms. The standard InChI is InChI=1S/C15H18N2/c1-12-13(8-6-7-11-16-2)14-9-4-5-10-15(14)17(12)3/h4-11,16H,1-3H3/b8-6-,11-7-. The van der Waals surface area contributed by atoms with Gasteiger partial charge in [-0.2, -0.15) is 0 Å². The highest BCUT2D eigenvalue weighted by Crippen LogP contribution is 2.25. The minimum atomic E-state index is 1.28. The Morgan fingerprint density at radius 1 is 1.18 bits per heavy atom. The summed E-state index contributed by atoms with van der Waals surface area (Å²) in [5.74, 6) is 0. The summed E-state index contributed by atoms with van der Waals surface area (Å²) < 4.78 is 2.23. The molecule has 0 saturated carbocycles.